The van der Waals surface area contributed by atoms with Crippen LogP contribution >= 0.6 is 11.6 Å². The highest BCUT2D eigenvalue weighted by Gasteiger charge is 2.06. The summed E-state index contributed by atoms with van der Waals surface area (Å²) in [5, 5.41) is 0.415. The summed E-state index contributed by atoms with van der Waals surface area (Å²) in [5.74, 6) is 2.55. The lowest BCUT2D eigenvalue weighted by Gasteiger charge is -2.02. The molecule has 0 radical (unpaired) electrons. The lowest BCUT2D eigenvalue weighted by atomic mass is 10.1. The maximum atomic E-state index is 11.6. The van der Waals surface area contributed by atoms with Crippen molar-refractivity contribution in [2.75, 3.05) is 5.73 Å². The van der Waals surface area contributed by atoms with E-state index in [0.717, 1.165) is 0 Å². The third kappa shape index (κ3) is 3.30. The van der Waals surface area contributed by atoms with Gasteiger partial charge in [0.1, 0.15) is 0 Å². The monoisotopic (exact) mass is 221 g/mol. The fraction of sp³-hybridized carbons (Fsp3) is 0.250. The number of terminal acetylenes is 1. The molecular formula is C12H12ClNO. The molecule has 0 fully saturated rings. The molecule has 78 valence electrons. The molecule has 0 aromatic heterocycles. The van der Waals surface area contributed by atoms with Gasteiger partial charge in [-0.2, -0.15) is 0 Å². The molecule has 2 N–H and O–H groups in total. The van der Waals surface area contributed by atoms with Gasteiger partial charge in [0.05, 0.1) is 10.7 Å². The van der Waals surface area contributed by atoms with Crippen molar-refractivity contribution in [2.24, 2.45) is 0 Å². The summed E-state index contributed by atoms with van der Waals surface area (Å²) < 4.78 is 0. The lowest BCUT2D eigenvalue weighted by molar-refractivity contribution is 0.0980. The number of benzene rings is 1. The normalized spacial score (nSPS) is 9.60. The summed E-state index contributed by atoms with van der Waals surface area (Å²) in [7, 11) is 0. The number of hydrogen-bond acceptors (Lipinski definition) is 2. The summed E-state index contributed by atoms with van der Waals surface area (Å²) in [6.45, 7) is 0. The fourth-order valence-electron chi connectivity index (χ4n) is 1.20. The molecule has 15 heavy (non-hydrogen) atoms. The van der Waals surface area contributed by atoms with E-state index in [2.05, 4.69) is 5.92 Å². The Morgan fingerprint density at radius 1 is 1.53 bits per heavy atom. The van der Waals surface area contributed by atoms with Crippen molar-refractivity contribution in [3.8, 4) is 12.3 Å². The van der Waals surface area contributed by atoms with Crippen molar-refractivity contribution in [2.45, 2.75) is 19.3 Å². The Morgan fingerprint density at radius 2 is 2.27 bits per heavy atom. The predicted octanol–water partition coefficient (Wildman–Crippen LogP) is 2.91. The molecule has 0 saturated carbocycles. The number of hydrogen-bond donors (Lipinski definition) is 1. The highest BCUT2D eigenvalue weighted by Crippen LogP contribution is 2.20. The van der Waals surface area contributed by atoms with E-state index in [0.29, 0.717) is 35.5 Å². The number of Topliss-reactive ketones (excluding diaryl/α,β-unsaturated/α-hetero) is 1. The van der Waals surface area contributed by atoms with Crippen LogP contribution in [-0.2, 0) is 0 Å². The van der Waals surface area contributed by atoms with Crippen LogP contribution < -0.4 is 5.73 Å². The second-order valence-electron chi connectivity index (χ2n) is 3.22. The predicted molar refractivity (Wildman–Crippen MR) is 62.9 cm³/mol. The van der Waals surface area contributed by atoms with E-state index in [4.69, 9.17) is 23.8 Å². The molecule has 0 amide bonds. The second kappa shape index (κ2) is 5.43. The number of nitrogens with two attached hydrogens (primary N) is 1. The van der Waals surface area contributed by atoms with Gasteiger partial charge in [0.2, 0.25) is 0 Å². The van der Waals surface area contributed by atoms with Gasteiger partial charge in [-0.05, 0) is 24.6 Å². The molecule has 0 spiro atoms. The number of ketones is 1. The van der Waals surface area contributed by atoms with Gasteiger partial charge >= 0.3 is 0 Å². The van der Waals surface area contributed by atoms with Crippen molar-refractivity contribution in [3.63, 3.8) is 0 Å². The molecule has 0 aliphatic rings. The molecule has 0 atom stereocenters. The van der Waals surface area contributed by atoms with Crippen LogP contribution in [0.25, 0.3) is 0 Å². The zero-order chi connectivity index (χ0) is 11.3. The van der Waals surface area contributed by atoms with Crippen molar-refractivity contribution < 1.29 is 4.79 Å². The zero-order valence-corrected chi connectivity index (χ0v) is 9.05. The smallest absolute Gasteiger partial charge is 0.162 e. The molecule has 0 aliphatic carbocycles. The van der Waals surface area contributed by atoms with Gasteiger partial charge in [0.25, 0.3) is 0 Å². The van der Waals surface area contributed by atoms with Crippen LogP contribution in [-0.4, -0.2) is 5.78 Å². The van der Waals surface area contributed by atoms with Gasteiger partial charge in [-0.25, -0.2) is 0 Å². The van der Waals surface area contributed by atoms with Gasteiger partial charge in [-0.3, -0.25) is 4.79 Å². The van der Waals surface area contributed by atoms with Crippen LogP contribution in [0, 0.1) is 12.3 Å². The first kappa shape index (κ1) is 11.6. The van der Waals surface area contributed by atoms with Crippen LogP contribution in [0.15, 0.2) is 18.2 Å². The molecular weight excluding hydrogens is 210 g/mol. The summed E-state index contributed by atoms with van der Waals surface area (Å²) in [6.07, 6.45) is 6.87. The molecule has 0 heterocycles. The maximum Gasteiger partial charge on any atom is 0.162 e. The topological polar surface area (TPSA) is 43.1 Å². The van der Waals surface area contributed by atoms with Gasteiger partial charge in [-0.1, -0.05) is 11.6 Å². The summed E-state index contributed by atoms with van der Waals surface area (Å²) >= 11 is 5.81. The van der Waals surface area contributed by atoms with E-state index in [1.54, 1.807) is 18.2 Å². The SMILES string of the molecule is C#CCCCC(=O)c1ccc(N)c(Cl)c1. The van der Waals surface area contributed by atoms with Gasteiger partial charge in [0.15, 0.2) is 5.78 Å². The largest absolute Gasteiger partial charge is 0.398 e. The number of unbranched alkanes of at least 4 members (excludes halogenated alkanes) is 1. The third-order valence-electron chi connectivity index (χ3n) is 2.05. The molecule has 0 unspecified atom stereocenters. The number of nitrogen functional groups attached to an aromatic ring is 1. The molecule has 2 nitrogen and oxygen atoms in total. The first-order valence-electron chi connectivity index (χ1n) is 4.67. The molecule has 1 aromatic rings. The van der Waals surface area contributed by atoms with Gasteiger partial charge in [0, 0.05) is 18.4 Å². The van der Waals surface area contributed by atoms with Gasteiger partial charge < -0.3 is 5.73 Å². The number of carbonyl (C=O) groups is 1. The Morgan fingerprint density at radius 3 is 2.87 bits per heavy atom. The Balaban J connectivity index is 2.67. The molecule has 1 aromatic carbocycles. The maximum absolute atomic E-state index is 11.6. The van der Waals surface area contributed by atoms with Crippen LogP contribution in [0.1, 0.15) is 29.6 Å². The van der Waals surface area contributed by atoms with E-state index in [-0.39, 0.29) is 5.78 Å². The molecule has 0 bridgehead atoms. The third-order valence-corrected chi connectivity index (χ3v) is 2.37. The number of anilines is 1. The zero-order valence-electron chi connectivity index (χ0n) is 8.29. The van der Waals surface area contributed by atoms with Crippen LogP contribution in [0.5, 0.6) is 0 Å². The average Bonchev–Trinajstić information content (AvgIpc) is 2.22. The molecule has 0 aliphatic heterocycles. The van der Waals surface area contributed by atoms with E-state index in [1.165, 1.54) is 0 Å². The number of carbonyl (C=O) groups excluding carboxylic acids is 1. The molecule has 0 saturated heterocycles. The average molecular weight is 222 g/mol. The van der Waals surface area contributed by atoms with Crippen LogP contribution in [0.4, 0.5) is 5.69 Å². The Bertz CT molecular complexity index is 407. The highest BCUT2D eigenvalue weighted by atomic mass is 35.5. The number of rotatable bonds is 4. The highest BCUT2D eigenvalue weighted by molar-refractivity contribution is 6.33. The van der Waals surface area contributed by atoms with Crippen molar-refractivity contribution in [1.82, 2.24) is 0 Å². The Kier molecular flexibility index (Phi) is 4.20. The minimum absolute atomic E-state index is 0.0483. The van der Waals surface area contributed by atoms with Crippen molar-refractivity contribution >= 4 is 23.1 Å². The Hall–Kier alpha value is -1.46. The quantitative estimate of drug-likeness (QED) is 0.368. The molecule has 3 heteroatoms. The summed E-state index contributed by atoms with van der Waals surface area (Å²) in [5.41, 5.74) is 6.61. The van der Waals surface area contributed by atoms with E-state index in [1.807, 2.05) is 0 Å². The molecule has 1 rings (SSSR count). The van der Waals surface area contributed by atoms with Crippen molar-refractivity contribution in [3.05, 3.63) is 28.8 Å². The van der Waals surface area contributed by atoms with Gasteiger partial charge in [-0.15, -0.1) is 12.3 Å². The standard InChI is InChI=1S/C12H12ClNO/c1-2-3-4-5-12(15)9-6-7-11(14)10(13)8-9/h1,6-8H,3-5,14H2. The van der Waals surface area contributed by atoms with E-state index in [9.17, 15) is 4.79 Å². The summed E-state index contributed by atoms with van der Waals surface area (Å²) in [6, 6.07) is 4.91. The second-order valence-corrected chi connectivity index (χ2v) is 3.62. The van der Waals surface area contributed by atoms with Crippen LogP contribution in [0.2, 0.25) is 5.02 Å². The van der Waals surface area contributed by atoms with E-state index >= 15 is 0 Å². The van der Waals surface area contributed by atoms with Crippen LogP contribution in [0.3, 0.4) is 0 Å². The van der Waals surface area contributed by atoms with E-state index < -0.39 is 0 Å². The van der Waals surface area contributed by atoms with Crippen molar-refractivity contribution in [1.29, 1.82) is 0 Å². The minimum atomic E-state index is 0.0483. The fourth-order valence-corrected chi connectivity index (χ4v) is 1.38. The number of halogens is 1. The minimum Gasteiger partial charge on any atom is -0.398 e. The lowest BCUT2D eigenvalue weighted by Crippen LogP contribution is -1.99. The summed E-state index contributed by atoms with van der Waals surface area (Å²) in [4.78, 5) is 11.6. The Labute approximate surface area is 94.4 Å². The first-order valence-corrected chi connectivity index (χ1v) is 5.04. The first-order chi connectivity index (χ1) is 7.15.